The molecule has 0 radical (unpaired) electrons. The van der Waals surface area contributed by atoms with Crippen molar-refractivity contribution in [2.24, 2.45) is 0 Å². The Morgan fingerprint density at radius 1 is 1.29 bits per heavy atom. The number of hydroxylamine groups is 2. The van der Waals surface area contributed by atoms with E-state index in [0.717, 1.165) is 52.2 Å². The first-order valence-electron chi connectivity index (χ1n) is 6.35. The van der Waals surface area contributed by atoms with E-state index in [1.165, 1.54) is 6.92 Å². The minimum Gasteiger partial charge on any atom is -0.368 e. The largest absolute Gasteiger partial charge is 0.368 e. The van der Waals surface area contributed by atoms with Gasteiger partial charge in [-0.25, -0.2) is 5.01 Å². The molecule has 0 amide bonds. The number of hydrazine groups is 1. The molecule has 1 aliphatic heterocycles. The number of rotatable bonds is 4. The van der Waals surface area contributed by atoms with Gasteiger partial charge >= 0.3 is 5.97 Å². The summed E-state index contributed by atoms with van der Waals surface area (Å²) in [7, 11) is 0. The number of carbonyl (C=O) groups is 1. The zero-order valence-corrected chi connectivity index (χ0v) is 10.9. The van der Waals surface area contributed by atoms with E-state index < -0.39 is 0 Å². The quantitative estimate of drug-likeness (QED) is 0.701. The van der Waals surface area contributed by atoms with Crippen LogP contribution >= 0.6 is 0 Å². The van der Waals surface area contributed by atoms with Crippen molar-refractivity contribution in [3.63, 3.8) is 0 Å². The van der Waals surface area contributed by atoms with Crippen molar-refractivity contribution in [3.05, 3.63) is 0 Å². The second-order valence-electron chi connectivity index (χ2n) is 4.16. The third-order valence-corrected chi connectivity index (χ3v) is 2.56. The molecule has 1 saturated heterocycles. The van der Waals surface area contributed by atoms with Gasteiger partial charge in [-0.05, 0) is 6.42 Å². The average Bonchev–Trinajstić information content (AvgIpc) is 2.39. The maximum Gasteiger partial charge on any atom is 0.322 e. The van der Waals surface area contributed by atoms with Gasteiger partial charge in [0.1, 0.15) is 0 Å². The van der Waals surface area contributed by atoms with Crippen molar-refractivity contribution in [3.8, 4) is 0 Å². The monoisotopic (exact) mass is 244 g/mol. The molecule has 0 unspecified atom stereocenters. The molecule has 0 saturated carbocycles. The Bertz CT molecular complexity index is 226. The third-order valence-electron chi connectivity index (χ3n) is 2.56. The van der Waals surface area contributed by atoms with Crippen molar-refractivity contribution >= 4 is 5.97 Å². The fraction of sp³-hybridized carbons (Fsp3) is 0.909. The predicted octanol–water partition coefficient (Wildman–Crippen LogP) is -0.414. The highest BCUT2D eigenvalue weighted by Crippen LogP contribution is 1.95. The van der Waals surface area contributed by atoms with Crippen LogP contribution in [0.2, 0.25) is 0 Å². The standard InChI is InChI=1S/C11H24N4O2/c1-3-4-13-14-7-5-12-6-8-15(10-9-14)17-11(2)16/h12-13H,3-10H2,1-2H3. The second kappa shape index (κ2) is 8.41. The van der Waals surface area contributed by atoms with Crippen LogP contribution in [-0.4, -0.2) is 61.9 Å². The van der Waals surface area contributed by atoms with Crippen LogP contribution in [0.4, 0.5) is 0 Å². The molecule has 100 valence electrons. The summed E-state index contributed by atoms with van der Waals surface area (Å²) < 4.78 is 0. The number of nitrogens with zero attached hydrogens (tertiary/aromatic N) is 2. The number of nitrogens with one attached hydrogen (secondary N) is 2. The summed E-state index contributed by atoms with van der Waals surface area (Å²) in [5.41, 5.74) is 3.37. The van der Waals surface area contributed by atoms with Crippen LogP contribution in [0.3, 0.4) is 0 Å². The predicted molar refractivity (Wildman–Crippen MR) is 66.1 cm³/mol. The summed E-state index contributed by atoms with van der Waals surface area (Å²) in [6, 6.07) is 0. The van der Waals surface area contributed by atoms with E-state index in [2.05, 4.69) is 22.7 Å². The Hall–Kier alpha value is -0.690. The van der Waals surface area contributed by atoms with Gasteiger partial charge in [0, 0.05) is 52.7 Å². The summed E-state index contributed by atoms with van der Waals surface area (Å²) in [6.07, 6.45) is 1.11. The van der Waals surface area contributed by atoms with E-state index in [0.29, 0.717) is 0 Å². The lowest BCUT2D eigenvalue weighted by atomic mass is 10.5. The number of hydrogen-bond acceptors (Lipinski definition) is 6. The molecule has 0 aromatic carbocycles. The highest BCUT2D eigenvalue weighted by atomic mass is 16.7. The van der Waals surface area contributed by atoms with E-state index in [1.807, 2.05) is 0 Å². The minimum atomic E-state index is -0.252. The van der Waals surface area contributed by atoms with Crippen molar-refractivity contribution < 1.29 is 9.63 Å². The van der Waals surface area contributed by atoms with Crippen LogP contribution in [0, 0.1) is 0 Å². The normalized spacial score (nSPS) is 20.4. The van der Waals surface area contributed by atoms with Gasteiger partial charge in [-0.15, -0.1) is 5.06 Å². The zero-order chi connectivity index (χ0) is 12.5. The van der Waals surface area contributed by atoms with Gasteiger partial charge in [-0.3, -0.25) is 10.2 Å². The lowest BCUT2D eigenvalue weighted by molar-refractivity contribution is -0.188. The fourth-order valence-corrected chi connectivity index (χ4v) is 1.70. The molecule has 17 heavy (non-hydrogen) atoms. The molecule has 1 fully saturated rings. The Kier molecular flexibility index (Phi) is 7.11. The van der Waals surface area contributed by atoms with Gasteiger partial charge in [-0.2, -0.15) is 0 Å². The van der Waals surface area contributed by atoms with Crippen molar-refractivity contribution in [2.45, 2.75) is 20.3 Å². The molecule has 0 aromatic rings. The molecule has 0 spiro atoms. The molecule has 2 N–H and O–H groups in total. The van der Waals surface area contributed by atoms with Crippen LogP contribution in [0.5, 0.6) is 0 Å². The van der Waals surface area contributed by atoms with Gasteiger partial charge in [0.25, 0.3) is 0 Å². The Morgan fingerprint density at radius 3 is 2.76 bits per heavy atom. The smallest absolute Gasteiger partial charge is 0.322 e. The molecule has 0 atom stereocenters. The Labute approximate surface area is 103 Å². The lowest BCUT2D eigenvalue weighted by Crippen LogP contribution is -2.44. The Morgan fingerprint density at radius 2 is 2.06 bits per heavy atom. The maximum absolute atomic E-state index is 10.9. The highest BCUT2D eigenvalue weighted by Gasteiger charge is 2.13. The van der Waals surface area contributed by atoms with Crippen LogP contribution < -0.4 is 10.7 Å². The van der Waals surface area contributed by atoms with Gasteiger partial charge in [0.2, 0.25) is 0 Å². The Balaban J connectivity index is 2.37. The van der Waals surface area contributed by atoms with Gasteiger partial charge in [-0.1, -0.05) is 6.92 Å². The van der Waals surface area contributed by atoms with Crippen LogP contribution in [-0.2, 0) is 9.63 Å². The van der Waals surface area contributed by atoms with Crippen LogP contribution in [0.15, 0.2) is 0 Å². The van der Waals surface area contributed by atoms with Crippen molar-refractivity contribution in [2.75, 3.05) is 45.8 Å². The SMILES string of the molecule is CCCNN1CCNCCN(OC(C)=O)CC1. The van der Waals surface area contributed by atoms with E-state index in [4.69, 9.17) is 4.84 Å². The van der Waals surface area contributed by atoms with Gasteiger partial charge < -0.3 is 10.2 Å². The van der Waals surface area contributed by atoms with Crippen LogP contribution in [0.25, 0.3) is 0 Å². The fourth-order valence-electron chi connectivity index (χ4n) is 1.70. The van der Waals surface area contributed by atoms with Crippen molar-refractivity contribution in [1.82, 2.24) is 20.8 Å². The molecule has 1 aliphatic rings. The van der Waals surface area contributed by atoms with E-state index in [9.17, 15) is 4.79 Å². The van der Waals surface area contributed by atoms with Crippen LogP contribution in [0.1, 0.15) is 20.3 Å². The molecule has 0 aliphatic carbocycles. The number of hydrogen-bond donors (Lipinski definition) is 2. The third kappa shape index (κ3) is 6.58. The first kappa shape index (κ1) is 14.4. The minimum absolute atomic E-state index is 0.252. The molecular weight excluding hydrogens is 220 g/mol. The molecule has 0 aromatic heterocycles. The molecule has 0 bridgehead atoms. The van der Waals surface area contributed by atoms with E-state index in [1.54, 1.807) is 5.06 Å². The number of carbonyl (C=O) groups excluding carboxylic acids is 1. The summed E-state index contributed by atoms with van der Waals surface area (Å²) in [4.78, 5) is 16.1. The molecule has 6 heteroatoms. The summed E-state index contributed by atoms with van der Waals surface area (Å²) in [5.74, 6) is -0.252. The second-order valence-corrected chi connectivity index (χ2v) is 4.16. The molecule has 6 nitrogen and oxygen atoms in total. The first-order chi connectivity index (χ1) is 8.22. The van der Waals surface area contributed by atoms with Gasteiger partial charge in [0.05, 0.1) is 0 Å². The topological polar surface area (TPSA) is 56.8 Å². The zero-order valence-electron chi connectivity index (χ0n) is 10.9. The maximum atomic E-state index is 10.9. The lowest BCUT2D eigenvalue weighted by Gasteiger charge is -2.25. The van der Waals surface area contributed by atoms with E-state index in [-0.39, 0.29) is 5.97 Å². The van der Waals surface area contributed by atoms with Crippen molar-refractivity contribution in [1.29, 1.82) is 0 Å². The first-order valence-corrected chi connectivity index (χ1v) is 6.35. The summed E-state index contributed by atoms with van der Waals surface area (Å²) in [6.45, 7) is 9.65. The van der Waals surface area contributed by atoms with Gasteiger partial charge in [0.15, 0.2) is 0 Å². The summed E-state index contributed by atoms with van der Waals surface area (Å²) >= 11 is 0. The molecule has 1 heterocycles. The molecular formula is C11H24N4O2. The highest BCUT2D eigenvalue weighted by molar-refractivity contribution is 5.65. The van der Waals surface area contributed by atoms with E-state index >= 15 is 0 Å². The molecule has 1 rings (SSSR count). The average molecular weight is 244 g/mol. The summed E-state index contributed by atoms with van der Waals surface area (Å²) in [5, 5.41) is 7.22.